The third-order valence-corrected chi connectivity index (χ3v) is 3.08. The molecule has 1 heterocycles. The molecule has 7 heteroatoms. The lowest BCUT2D eigenvalue weighted by molar-refractivity contribution is -0.129. The van der Waals surface area contributed by atoms with Gasteiger partial charge in [-0.2, -0.15) is 0 Å². The first-order chi connectivity index (χ1) is 8.65. The number of hydrazine groups is 1. The molecule has 0 aliphatic carbocycles. The van der Waals surface area contributed by atoms with Gasteiger partial charge < -0.3 is 10.5 Å². The van der Waals surface area contributed by atoms with Crippen molar-refractivity contribution in [2.24, 2.45) is 11.6 Å². The molecular weight excluding hydrogens is 236 g/mol. The van der Waals surface area contributed by atoms with Crippen molar-refractivity contribution in [3.05, 3.63) is 0 Å². The van der Waals surface area contributed by atoms with Crippen molar-refractivity contribution < 1.29 is 14.3 Å². The van der Waals surface area contributed by atoms with E-state index in [0.717, 1.165) is 32.4 Å². The molecule has 1 unspecified atom stereocenters. The van der Waals surface area contributed by atoms with Gasteiger partial charge in [-0.15, -0.1) is 0 Å². The Labute approximate surface area is 107 Å². The lowest BCUT2D eigenvalue weighted by atomic mass is 10.1. The second-order valence-electron chi connectivity index (χ2n) is 4.41. The molecule has 1 atom stereocenters. The van der Waals surface area contributed by atoms with Crippen molar-refractivity contribution in [3.63, 3.8) is 0 Å². The number of carbonyl (C=O) groups is 2. The SMILES string of the molecule is NNC(=O)CCCCCN1CCOCC1C(N)=O. The number of morpholine rings is 1. The van der Waals surface area contributed by atoms with Crippen molar-refractivity contribution in [1.29, 1.82) is 0 Å². The molecular formula is C11H22N4O3. The Morgan fingerprint density at radius 1 is 1.33 bits per heavy atom. The molecule has 0 aromatic carbocycles. The topological polar surface area (TPSA) is 111 Å². The summed E-state index contributed by atoms with van der Waals surface area (Å²) in [5.74, 6) is 4.50. The Morgan fingerprint density at radius 2 is 2.11 bits per heavy atom. The molecule has 104 valence electrons. The molecule has 2 amide bonds. The maximum absolute atomic E-state index is 11.2. The summed E-state index contributed by atoms with van der Waals surface area (Å²) in [6, 6.07) is -0.314. The van der Waals surface area contributed by atoms with E-state index < -0.39 is 0 Å². The minimum absolute atomic E-state index is 0.142. The number of primary amides is 1. The lowest BCUT2D eigenvalue weighted by Crippen LogP contribution is -2.52. The number of hydrogen-bond donors (Lipinski definition) is 3. The Balaban J connectivity index is 2.16. The van der Waals surface area contributed by atoms with E-state index >= 15 is 0 Å². The predicted octanol–water partition coefficient (Wildman–Crippen LogP) is -1.28. The standard InChI is InChI=1S/C11H22N4O3/c12-11(17)9-8-18-7-6-15(9)5-3-1-2-4-10(16)14-13/h9H,1-8,13H2,(H2,12,17)(H,14,16). The fraction of sp³-hybridized carbons (Fsp3) is 0.818. The number of hydrogen-bond acceptors (Lipinski definition) is 5. The number of amides is 2. The van der Waals surface area contributed by atoms with Crippen LogP contribution < -0.4 is 17.0 Å². The van der Waals surface area contributed by atoms with Gasteiger partial charge in [0.05, 0.1) is 13.2 Å². The smallest absolute Gasteiger partial charge is 0.237 e. The number of ether oxygens (including phenoxy) is 1. The molecule has 18 heavy (non-hydrogen) atoms. The molecule has 5 N–H and O–H groups in total. The number of carbonyl (C=O) groups excluding carboxylic acids is 2. The highest BCUT2D eigenvalue weighted by molar-refractivity contribution is 5.80. The van der Waals surface area contributed by atoms with E-state index in [1.807, 2.05) is 0 Å². The van der Waals surface area contributed by atoms with Gasteiger partial charge in [0.15, 0.2) is 0 Å². The maximum atomic E-state index is 11.2. The quantitative estimate of drug-likeness (QED) is 0.228. The van der Waals surface area contributed by atoms with Gasteiger partial charge in [0.25, 0.3) is 0 Å². The van der Waals surface area contributed by atoms with Crippen LogP contribution in [0.15, 0.2) is 0 Å². The van der Waals surface area contributed by atoms with Gasteiger partial charge >= 0.3 is 0 Å². The Kier molecular flexibility index (Phi) is 6.63. The zero-order valence-corrected chi connectivity index (χ0v) is 10.6. The van der Waals surface area contributed by atoms with Crippen molar-refractivity contribution in [3.8, 4) is 0 Å². The highest BCUT2D eigenvalue weighted by atomic mass is 16.5. The van der Waals surface area contributed by atoms with Crippen molar-refractivity contribution in [2.75, 3.05) is 26.3 Å². The van der Waals surface area contributed by atoms with Gasteiger partial charge in [0, 0.05) is 13.0 Å². The lowest BCUT2D eigenvalue weighted by Gasteiger charge is -2.33. The average Bonchev–Trinajstić information content (AvgIpc) is 2.38. The summed E-state index contributed by atoms with van der Waals surface area (Å²) in [6.45, 7) is 2.56. The van der Waals surface area contributed by atoms with E-state index in [-0.39, 0.29) is 17.9 Å². The van der Waals surface area contributed by atoms with Crippen LogP contribution in [0.1, 0.15) is 25.7 Å². The largest absolute Gasteiger partial charge is 0.378 e. The number of rotatable bonds is 7. The summed E-state index contributed by atoms with van der Waals surface area (Å²) in [7, 11) is 0. The van der Waals surface area contributed by atoms with Crippen LogP contribution >= 0.6 is 0 Å². The van der Waals surface area contributed by atoms with E-state index in [0.29, 0.717) is 19.6 Å². The van der Waals surface area contributed by atoms with Crippen LogP contribution in [0.5, 0.6) is 0 Å². The van der Waals surface area contributed by atoms with Crippen LogP contribution in [-0.4, -0.2) is 49.1 Å². The summed E-state index contributed by atoms with van der Waals surface area (Å²) < 4.78 is 5.24. The van der Waals surface area contributed by atoms with Crippen molar-refractivity contribution >= 4 is 11.8 Å². The molecule has 0 aromatic rings. The zero-order chi connectivity index (χ0) is 13.4. The summed E-state index contributed by atoms with van der Waals surface area (Å²) in [6.07, 6.45) is 3.10. The second-order valence-corrected chi connectivity index (χ2v) is 4.41. The highest BCUT2D eigenvalue weighted by Gasteiger charge is 2.26. The third kappa shape index (κ3) is 4.99. The molecule has 0 radical (unpaired) electrons. The summed E-state index contributed by atoms with van der Waals surface area (Å²) in [4.78, 5) is 24.2. The van der Waals surface area contributed by atoms with Gasteiger partial charge in [0.2, 0.25) is 11.8 Å². The van der Waals surface area contributed by atoms with Crippen LogP contribution in [0.4, 0.5) is 0 Å². The Bertz CT molecular complexity index is 285. The first-order valence-electron chi connectivity index (χ1n) is 6.25. The minimum atomic E-state index is -0.336. The van der Waals surface area contributed by atoms with Crippen LogP contribution in [0.3, 0.4) is 0 Å². The zero-order valence-electron chi connectivity index (χ0n) is 10.6. The maximum Gasteiger partial charge on any atom is 0.237 e. The van der Waals surface area contributed by atoms with Crippen LogP contribution in [0, 0.1) is 0 Å². The third-order valence-electron chi connectivity index (χ3n) is 3.08. The fourth-order valence-electron chi connectivity index (χ4n) is 2.02. The molecule has 1 saturated heterocycles. The highest BCUT2D eigenvalue weighted by Crippen LogP contribution is 2.09. The average molecular weight is 258 g/mol. The second kappa shape index (κ2) is 8.02. The monoisotopic (exact) mass is 258 g/mol. The molecule has 1 fully saturated rings. The van der Waals surface area contributed by atoms with Crippen molar-refractivity contribution in [1.82, 2.24) is 10.3 Å². The molecule has 0 bridgehead atoms. The predicted molar refractivity (Wildman–Crippen MR) is 66.2 cm³/mol. The number of nitrogens with one attached hydrogen (secondary N) is 1. The number of nitrogens with zero attached hydrogens (tertiary/aromatic N) is 1. The normalized spacial score (nSPS) is 20.6. The van der Waals surface area contributed by atoms with Crippen LogP contribution in [-0.2, 0) is 14.3 Å². The molecule has 0 saturated carbocycles. The van der Waals surface area contributed by atoms with E-state index in [9.17, 15) is 9.59 Å². The molecule has 0 aromatic heterocycles. The number of unbranched alkanes of at least 4 members (excludes halogenated alkanes) is 2. The first-order valence-corrected chi connectivity index (χ1v) is 6.25. The molecule has 1 aliphatic heterocycles. The minimum Gasteiger partial charge on any atom is -0.378 e. The molecule has 0 spiro atoms. The molecule has 1 aliphatic rings. The van der Waals surface area contributed by atoms with Gasteiger partial charge in [0.1, 0.15) is 6.04 Å². The molecule has 7 nitrogen and oxygen atoms in total. The Hall–Kier alpha value is -1.18. The van der Waals surface area contributed by atoms with Crippen LogP contribution in [0.25, 0.3) is 0 Å². The van der Waals surface area contributed by atoms with Gasteiger partial charge in [-0.25, -0.2) is 5.84 Å². The van der Waals surface area contributed by atoms with E-state index in [4.69, 9.17) is 16.3 Å². The van der Waals surface area contributed by atoms with E-state index in [1.165, 1.54) is 0 Å². The van der Waals surface area contributed by atoms with Gasteiger partial charge in [-0.3, -0.25) is 19.9 Å². The van der Waals surface area contributed by atoms with E-state index in [1.54, 1.807) is 0 Å². The van der Waals surface area contributed by atoms with Gasteiger partial charge in [-0.1, -0.05) is 6.42 Å². The van der Waals surface area contributed by atoms with Gasteiger partial charge in [-0.05, 0) is 19.4 Å². The summed E-state index contributed by atoms with van der Waals surface area (Å²) in [5.41, 5.74) is 7.42. The van der Waals surface area contributed by atoms with Crippen LogP contribution in [0.2, 0.25) is 0 Å². The van der Waals surface area contributed by atoms with E-state index in [2.05, 4.69) is 10.3 Å². The molecule has 1 rings (SSSR count). The fourth-order valence-corrected chi connectivity index (χ4v) is 2.02. The summed E-state index contributed by atoms with van der Waals surface area (Å²) in [5, 5.41) is 0. The Morgan fingerprint density at radius 3 is 2.78 bits per heavy atom. The number of nitrogens with two attached hydrogens (primary N) is 2. The first kappa shape index (κ1) is 14.9. The summed E-state index contributed by atoms with van der Waals surface area (Å²) >= 11 is 0. The van der Waals surface area contributed by atoms with Crippen molar-refractivity contribution in [2.45, 2.75) is 31.7 Å².